The molecular formula is C20H18N6O2. The van der Waals surface area contributed by atoms with Crippen LogP contribution in [0, 0.1) is 16.7 Å². The van der Waals surface area contributed by atoms with Gasteiger partial charge in [-0.1, -0.05) is 48.5 Å². The molecule has 0 fully saturated rings. The van der Waals surface area contributed by atoms with Crippen LogP contribution in [0.4, 0.5) is 5.69 Å². The van der Waals surface area contributed by atoms with E-state index in [1.54, 1.807) is 6.07 Å². The van der Waals surface area contributed by atoms with Gasteiger partial charge in [-0.25, -0.2) is 4.99 Å². The second-order valence-corrected chi connectivity index (χ2v) is 5.90. The molecule has 140 valence electrons. The predicted octanol–water partition coefficient (Wildman–Crippen LogP) is 2.41. The van der Waals surface area contributed by atoms with Gasteiger partial charge in [-0.3, -0.25) is 10.2 Å². The van der Waals surface area contributed by atoms with Crippen LogP contribution >= 0.6 is 0 Å². The number of nitrogens with one attached hydrogen (secondary N) is 2. The summed E-state index contributed by atoms with van der Waals surface area (Å²) >= 11 is 0. The number of carbonyl (C=O) groups is 1. The molecule has 8 nitrogen and oxygen atoms in total. The van der Waals surface area contributed by atoms with Crippen molar-refractivity contribution in [2.45, 2.75) is 19.0 Å². The van der Waals surface area contributed by atoms with Crippen molar-refractivity contribution in [1.29, 1.82) is 10.7 Å². The first-order valence-corrected chi connectivity index (χ1v) is 8.57. The lowest BCUT2D eigenvalue weighted by atomic mass is 10.0. The number of amidine groups is 1. The Bertz CT molecular complexity index is 991. The van der Waals surface area contributed by atoms with Crippen molar-refractivity contribution >= 4 is 29.2 Å². The molecule has 2 aromatic rings. The van der Waals surface area contributed by atoms with Crippen LogP contribution in [0.1, 0.15) is 24.0 Å². The van der Waals surface area contributed by atoms with Gasteiger partial charge in [-0.05, 0) is 6.07 Å². The molecule has 1 aliphatic rings. The molecule has 1 amide bonds. The van der Waals surface area contributed by atoms with Gasteiger partial charge in [0.1, 0.15) is 0 Å². The first-order valence-electron chi connectivity index (χ1n) is 8.57. The Hall–Kier alpha value is -3.99. The number of nitrogens with two attached hydrogens (primary N) is 1. The number of nitriles is 1. The highest BCUT2D eigenvalue weighted by atomic mass is 16.5. The fraction of sp³-hybridized carbons (Fsp3) is 0.150. The number of benzene rings is 2. The average Bonchev–Trinajstić information content (AvgIpc) is 2.83. The van der Waals surface area contributed by atoms with Crippen molar-refractivity contribution in [3.63, 3.8) is 0 Å². The zero-order valence-electron chi connectivity index (χ0n) is 14.9. The monoisotopic (exact) mass is 374 g/mol. The van der Waals surface area contributed by atoms with E-state index in [-0.39, 0.29) is 24.8 Å². The normalized spacial score (nSPS) is 16.1. The molecule has 2 aromatic carbocycles. The molecule has 1 atom stereocenters. The van der Waals surface area contributed by atoms with Gasteiger partial charge in [-0.15, -0.1) is 0 Å². The van der Waals surface area contributed by atoms with E-state index in [2.05, 4.69) is 15.3 Å². The minimum Gasteiger partial charge on any atom is -0.412 e. The van der Waals surface area contributed by atoms with Crippen molar-refractivity contribution in [3.05, 3.63) is 65.7 Å². The fourth-order valence-electron chi connectivity index (χ4n) is 2.65. The number of rotatable bonds is 4. The minimum absolute atomic E-state index is 0.105. The summed E-state index contributed by atoms with van der Waals surface area (Å²) in [6, 6.07) is 18.3. The highest BCUT2D eigenvalue weighted by Gasteiger charge is 2.25. The second-order valence-electron chi connectivity index (χ2n) is 5.90. The average molecular weight is 374 g/mol. The SMILES string of the molecule is N#CCCC(=N)OC(N)=NC1N=C(c2ccccc2)c2ccccc2NC1=O. The lowest BCUT2D eigenvalue weighted by Crippen LogP contribution is -2.29. The van der Waals surface area contributed by atoms with E-state index in [4.69, 9.17) is 21.1 Å². The summed E-state index contributed by atoms with van der Waals surface area (Å²) < 4.78 is 5.07. The molecule has 0 saturated heterocycles. The first-order chi connectivity index (χ1) is 13.6. The first kappa shape index (κ1) is 18.8. The highest BCUT2D eigenvalue weighted by molar-refractivity contribution is 6.19. The van der Waals surface area contributed by atoms with Crippen molar-refractivity contribution < 1.29 is 9.53 Å². The molecule has 1 aliphatic heterocycles. The molecule has 28 heavy (non-hydrogen) atoms. The zero-order chi connectivity index (χ0) is 19.9. The van der Waals surface area contributed by atoms with E-state index in [9.17, 15) is 4.79 Å². The molecule has 0 saturated carbocycles. The van der Waals surface area contributed by atoms with Crippen LogP contribution in [0.2, 0.25) is 0 Å². The smallest absolute Gasteiger partial charge is 0.291 e. The Morgan fingerprint density at radius 1 is 1.25 bits per heavy atom. The minimum atomic E-state index is -1.17. The van der Waals surface area contributed by atoms with Crippen LogP contribution in [-0.2, 0) is 9.53 Å². The molecule has 4 N–H and O–H groups in total. The van der Waals surface area contributed by atoms with Crippen molar-refractivity contribution in [3.8, 4) is 6.07 Å². The molecular weight excluding hydrogens is 356 g/mol. The maximum absolute atomic E-state index is 12.6. The van der Waals surface area contributed by atoms with Crippen molar-refractivity contribution in [1.82, 2.24) is 0 Å². The zero-order valence-corrected chi connectivity index (χ0v) is 14.9. The Labute approximate surface area is 161 Å². The summed E-state index contributed by atoms with van der Waals surface area (Å²) in [5.41, 5.74) is 8.54. The van der Waals surface area contributed by atoms with E-state index in [0.717, 1.165) is 11.1 Å². The quantitative estimate of drug-likeness (QED) is 0.559. The van der Waals surface area contributed by atoms with Crippen molar-refractivity contribution in [2.75, 3.05) is 5.32 Å². The standard InChI is InChI=1S/C20H18N6O2/c21-12-6-11-16(22)28-20(23)26-18-19(27)24-15-10-5-4-9-14(15)17(25-18)13-7-2-1-3-8-13/h1-5,7-10,18,22H,6,11H2,(H2,23,26)(H,24,27). The third kappa shape index (κ3) is 4.40. The second kappa shape index (κ2) is 8.60. The molecule has 3 rings (SSSR count). The topological polar surface area (TPSA) is 137 Å². The molecule has 0 aliphatic carbocycles. The molecule has 1 heterocycles. The van der Waals surface area contributed by atoms with E-state index in [1.165, 1.54) is 0 Å². The summed E-state index contributed by atoms with van der Waals surface area (Å²) in [6.45, 7) is 0. The number of nitrogens with zero attached hydrogens (tertiary/aromatic N) is 3. The van der Waals surface area contributed by atoms with Crippen LogP contribution in [0.15, 0.2) is 64.6 Å². The van der Waals surface area contributed by atoms with E-state index in [1.807, 2.05) is 54.6 Å². The Morgan fingerprint density at radius 3 is 2.71 bits per heavy atom. The number of amides is 1. The largest absolute Gasteiger partial charge is 0.412 e. The molecule has 8 heteroatoms. The lowest BCUT2D eigenvalue weighted by molar-refractivity contribution is -0.117. The van der Waals surface area contributed by atoms with Gasteiger partial charge in [0, 0.05) is 24.0 Å². The summed E-state index contributed by atoms with van der Waals surface area (Å²) in [5, 5.41) is 19.0. The lowest BCUT2D eigenvalue weighted by Gasteiger charge is -2.09. The van der Waals surface area contributed by atoms with Gasteiger partial charge in [0.15, 0.2) is 5.90 Å². The predicted molar refractivity (Wildman–Crippen MR) is 106 cm³/mol. The number of anilines is 1. The van der Waals surface area contributed by atoms with Gasteiger partial charge < -0.3 is 15.8 Å². The van der Waals surface area contributed by atoms with Crippen LogP contribution in [0.25, 0.3) is 0 Å². The molecule has 0 aromatic heterocycles. The van der Waals surface area contributed by atoms with E-state index >= 15 is 0 Å². The number of carbonyl (C=O) groups excluding carboxylic acids is 1. The third-order valence-corrected chi connectivity index (χ3v) is 3.91. The highest BCUT2D eigenvalue weighted by Crippen LogP contribution is 2.24. The number of benzodiazepines with no additional fused rings is 1. The number of hydrogen-bond acceptors (Lipinski definition) is 6. The summed E-state index contributed by atoms with van der Waals surface area (Å²) in [4.78, 5) is 21.2. The fourth-order valence-corrected chi connectivity index (χ4v) is 2.65. The van der Waals surface area contributed by atoms with Crippen LogP contribution < -0.4 is 11.1 Å². The van der Waals surface area contributed by atoms with Gasteiger partial charge in [0.2, 0.25) is 6.17 Å². The van der Waals surface area contributed by atoms with Gasteiger partial charge in [0.05, 0.1) is 17.5 Å². The Kier molecular flexibility index (Phi) is 5.77. The van der Waals surface area contributed by atoms with E-state index in [0.29, 0.717) is 11.4 Å². The van der Waals surface area contributed by atoms with E-state index < -0.39 is 12.1 Å². The number of fused-ring (bicyclic) bond motifs is 1. The summed E-state index contributed by atoms with van der Waals surface area (Å²) in [5.74, 6) is -0.666. The van der Waals surface area contributed by atoms with Gasteiger partial charge in [-0.2, -0.15) is 10.3 Å². The van der Waals surface area contributed by atoms with Crippen LogP contribution in [-0.4, -0.2) is 29.7 Å². The molecule has 0 radical (unpaired) electrons. The Balaban J connectivity index is 1.96. The third-order valence-electron chi connectivity index (χ3n) is 3.91. The number of aliphatic imine (C=N–C) groups is 2. The van der Waals surface area contributed by atoms with Gasteiger partial charge in [0.25, 0.3) is 11.9 Å². The Morgan fingerprint density at radius 2 is 1.96 bits per heavy atom. The molecule has 0 spiro atoms. The number of hydrogen-bond donors (Lipinski definition) is 3. The summed E-state index contributed by atoms with van der Waals surface area (Å²) in [6.07, 6.45) is -0.943. The van der Waals surface area contributed by atoms with Gasteiger partial charge >= 0.3 is 0 Å². The molecule has 1 unspecified atom stereocenters. The summed E-state index contributed by atoms with van der Waals surface area (Å²) in [7, 11) is 0. The maximum Gasteiger partial charge on any atom is 0.291 e. The van der Waals surface area contributed by atoms with Crippen molar-refractivity contribution in [2.24, 2.45) is 15.7 Å². The van der Waals surface area contributed by atoms with Crippen LogP contribution in [0.3, 0.4) is 0 Å². The number of ether oxygens (including phenoxy) is 1. The molecule has 0 bridgehead atoms. The number of para-hydroxylation sites is 1. The van der Waals surface area contributed by atoms with Crippen LogP contribution in [0.5, 0.6) is 0 Å². The maximum atomic E-state index is 12.6.